The number of thioether (sulfide) groups is 1. The van der Waals surface area contributed by atoms with Crippen molar-refractivity contribution in [3.05, 3.63) is 11.4 Å². The number of aromatic nitrogens is 2. The second-order valence-corrected chi connectivity index (χ2v) is 7.46. The first-order valence-corrected chi connectivity index (χ1v) is 9.07. The van der Waals surface area contributed by atoms with Crippen LogP contribution < -0.4 is 10.6 Å². The molecule has 120 valence electrons. The molecular formula is C16H30N4S. The van der Waals surface area contributed by atoms with Gasteiger partial charge in [-0.25, -0.2) is 9.97 Å². The fourth-order valence-corrected chi connectivity index (χ4v) is 2.52. The predicted octanol–water partition coefficient (Wildman–Crippen LogP) is 4.07. The van der Waals surface area contributed by atoms with Gasteiger partial charge in [0.1, 0.15) is 17.5 Å². The molecule has 2 N–H and O–H groups in total. The quantitative estimate of drug-likeness (QED) is 0.795. The average molecular weight is 311 g/mol. The van der Waals surface area contributed by atoms with Crippen LogP contribution >= 0.6 is 11.8 Å². The molecule has 4 nitrogen and oxygen atoms in total. The van der Waals surface area contributed by atoms with Crippen molar-refractivity contribution in [2.45, 2.75) is 59.4 Å². The highest BCUT2D eigenvalue weighted by atomic mass is 32.2. The van der Waals surface area contributed by atoms with E-state index >= 15 is 0 Å². The van der Waals surface area contributed by atoms with Gasteiger partial charge in [-0.2, -0.15) is 11.8 Å². The van der Waals surface area contributed by atoms with Gasteiger partial charge in [-0.05, 0) is 39.2 Å². The highest BCUT2D eigenvalue weighted by Crippen LogP contribution is 2.26. The monoisotopic (exact) mass is 310 g/mol. The summed E-state index contributed by atoms with van der Waals surface area (Å²) in [5, 5.41) is 6.90. The van der Waals surface area contributed by atoms with Crippen LogP contribution in [0.2, 0.25) is 0 Å². The number of rotatable bonds is 7. The summed E-state index contributed by atoms with van der Waals surface area (Å²) in [5.74, 6) is 3.94. The summed E-state index contributed by atoms with van der Waals surface area (Å²) in [6.45, 7) is 13.7. The predicted molar refractivity (Wildman–Crippen MR) is 95.7 cm³/mol. The fraction of sp³-hybridized carbons (Fsp3) is 0.750. The van der Waals surface area contributed by atoms with Gasteiger partial charge in [0.15, 0.2) is 0 Å². The standard InChI is InChI=1S/C16H30N4S/c1-8-17-13-12(3)14(18-11(2)9-10-21-7)20-15(19-13)16(4,5)6/h11H,8-10H2,1-7H3,(H2,17,18,19,20). The SMILES string of the molecule is CCNc1nc(C(C)(C)C)nc(NC(C)CCSC)c1C. The molecular weight excluding hydrogens is 280 g/mol. The van der Waals surface area contributed by atoms with E-state index in [1.54, 1.807) is 0 Å². The van der Waals surface area contributed by atoms with E-state index in [1.807, 2.05) is 11.8 Å². The van der Waals surface area contributed by atoms with Crippen molar-refractivity contribution in [3.63, 3.8) is 0 Å². The summed E-state index contributed by atoms with van der Waals surface area (Å²) >= 11 is 1.88. The zero-order valence-electron chi connectivity index (χ0n) is 14.5. The second-order valence-electron chi connectivity index (χ2n) is 6.48. The Kier molecular flexibility index (Phi) is 6.78. The largest absolute Gasteiger partial charge is 0.370 e. The van der Waals surface area contributed by atoms with E-state index in [4.69, 9.17) is 9.97 Å². The van der Waals surface area contributed by atoms with Crippen LogP contribution in [-0.2, 0) is 5.41 Å². The summed E-state index contributed by atoms with van der Waals surface area (Å²) in [6.07, 6.45) is 3.27. The molecule has 1 aromatic heterocycles. The van der Waals surface area contributed by atoms with Crippen molar-refractivity contribution < 1.29 is 0 Å². The van der Waals surface area contributed by atoms with Crippen molar-refractivity contribution in [1.82, 2.24) is 9.97 Å². The van der Waals surface area contributed by atoms with Crippen LogP contribution in [0.15, 0.2) is 0 Å². The van der Waals surface area contributed by atoms with Crippen molar-refractivity contribution >= 4 is 23.4 Å². The fourth-order valence-electron chi connectivity index (χ4n) is 1.93. The molecule has 21 heavy (non-hydrogen) atoms. The van der Waals surface area contributed by atoms with E-state index < -0.39 is 0 Å². The molecule has 0 saturated heterocycles. The molecule has 0 bridgehead atoms. The summed E-state index contributed by atoms with van der Waals surface area (Å²) in [4.78, 5) is 9.46. The molecule has 0 radical (unpaired) electrons. The van der Waals surface area contributed by atoms with Gasteiger partial charge in [-0.15, -0.1) is 0 Å². The molecule has 1 heterocycles. The maximum atomic E-state index is 4.77. The molecule has 1 atom stereocenters. The maximum Gasteiger partial charge on any atom is 0.138 e. The molecule has 5 heteroatoms. The molecule has 0 aliphatic heterocycles. The Hall–Kier alpha value is -0.970. The van der Waals surface area contributed by atoms with Crippen LogP contribution in [0.5, 0.6) is 0 Å². The molecule has 1 rings (SSSR count). The summed E-state index contributed by atoms with van der Waals surface area (Å²) < 4.78 is 0. The van der Waals surface area contributed by atoms with E-state index in [1.165, 1.54) is 0 Å². The minimum atomic E-state index is -0.0587. The Morgan fingerprint density at radius 2 is 1.81 bits per heavy atom. The first-order valence-electron chi connectivity index (χ1n) is 7.68. The summed E-state index contributed by atoms with van der Waals surface area (Å²) in [6, 6.07) is 0.411. The lowest BCUT2D eigenvalue weighted by molar-refractivity contribution is 0.545. The topological polar surface area (TPSA) is 49.8 Å². The van der Waals surface area contributed by atoms with Gasteiger partial charge in [-0.1, -0.05) is 20.8 Å². The normalized spacial score (nSPS) is 13.1. The molecule has 0 amide bonds. The van der Waals surface area contributed by atoms with Crippen LogP contribution in [0.25, 0.3) is 0 Å². The zero-order valence-corrected chi connectivity index (χ0v) is 15.3. The van der Waals surface area contributed by atoms with Crippen LogP contribution in [0.1, 0.15) is 52.4 Å². The van der Waals surface area contributed by atoms with Crippen LogP contribution in [0, 0.1) is 6.92 Å². The van der Waals surface area contributed by atoms with E-state index in [2.05, 4.69) is 58.4 Å². The summed E-state index contributed by atoms with van der Waals surface area (Å²) in [5.41, 5.74) is 1.04. The van der Waals surface area contributed by atoms with Crippen molar-refractivity contribution in [2.24, 2.45) is 0 Å². The van der Waals surface area contributed by atoms with Crippen molar-refractivity contribution in [1.29, 1.82) is 0 Å². The van der Waals surface area contributed by atoms with E-state index in [-0.39, 0.29) is 5.41 Å². The number of nitrogens with one attached hydrogen (secondary N) is 2. The van der Waals surface area contributed by atoms with Crippen LogP contribution in [0.4, 0.5) is 11.6 Å². The molecule has 0 aromatic carbocycles. The number of hydrogen-bond donors (Lipinski definition) is 2. The van der Waals surface area contributed by atoms with Crippen molar-refractivity contribution in [2.75, 3.05) is 29.2 Å². The molecule has 0 fully saturated rings. The molecule has 0 spiro atoms. The molecule has 0 aliphatic carbocycles. The van der Waals surface area contributed by atoms with E-state index in [0.717, 1.165) is 41.7 Å². The number of anilines is 2. The maximum absolute atomic E-state index is 4.77. The number of nitrogens with zero attached hydrogens (tertiary/aromatic N) is 2. The van der Waals surface area contributed by atoms with Crippen LogP contribution in [0.3, 0.4) is 0 Å². The Morgan fingerprint density at radius 3 is 2.33 bits per heavy atom. The highest BCUT2D eigenvalue weighted by molar-refractivity contribution is 7.98. The molecule has 0 saturated carbocycles. The van der Waals surface area contributed by atoms with Crippen LogP contribution in [-0.4, -0.2) is 34.6 Å². The third-order valence-corrected chi connectivity index (χ3v) is 3.94. The van der Waals surface area contributed by atoms with Gasteiger partial charge in [0, 0.05) is 23.6 Å². The smallest absolute Gasteiger partial charge is 0.138 e. The lowest BCUT2D eigenvalue weighted by atomic mass is 9.95. The van der Waals surface area contributed by atoms with Gasteiger partial charge >= 0.3 is 0 Å². The first-order chi connectivity index (χ1) is 9.79. The number of hydrogen-bond acceptors (Lipinski definition) is 5. The minimum absolute atomic E-state index is 0.0587. The highest BCUT2D eigenvalue weighted by Gasteiger charge is 2.21. The Morgan fingerprint density at radius 1 is 1.19 bits per heavy atom. The van der Waals surface area contributed by atoms with Gasteiger partial charge in [0.2, 0.25) is 0 Å². The summed E-state index contributed by atoms with van der Waals surface area (Å²) in [7, 11) is 0. The van der Waals surface area contributed by atoms with Gasteiger partial charge in [0.25, 0.3) is 0 Å². The van der Waals surface area contributed by atoms with Gasteiger partial charge < -0.3 is 10.6 Å². The third kappa shape index (κ3) is 5.38. The lowest BCUT2D eigenvalue weighted by Gasteiger charge is -2.23. The molecule has 1 unspecified atom stereocenters. The molecule has 0 aliphatic rings. The average Bonchev–Trinajstić information content (AvgIpc) is 2.39. The zero-order chi connectivity index (χ0) is 16.0. The Balaban J connectivity index is 3.08. The van der Waals surface area contributed by atoms with Gasteiger partial charge in [-0.3, -0.25) is 0 Å². The van der Waals surface area contributed by atoms with Gasteiger partial charge in [0.05, 0.1) is 0 Å². The van der Waals surface area contributed by atoms with E-state index in [9.17, 15) is 0 Å². The Labute approximate surface area is 133 Å². The third-order valence-electron chi connectivity index (χ3n) is 3.30. The van der Waals surface area contributed by atoms with E-state index in [0.29, 0.717) is 6.04 Å². The Bertz CT molecular complexity index is 454. The lowest BCUT2D eigenvalue weighted by Crippen LogP contribution is -2.23. The minimum Gasteiger partial charge on any atom is -0.370 e. The first kappa shape index (κ1) is 18.1. The molecule has 1 aromatic rings. The second kappa shape index (κ2) is 7.87. The van der Waals surface area contributed by atoms with Crippen molar-refractivity contribution in [3.8, 4) is 0 Å².